The van der Waals surface area contributed by atoms with Crippen LogP contribution in [0.3, 0.4) is 0 Å². The van der Waals surface area contributed by atoms with Gasteiger partial charge in [-0.3, -0.25) is 9.36 Å². The Morgan fingerprint density at radius 3 is 3.05 bits per heavy atom. The molecule has 0 aliphatic carbocycles. The van der Waals surface area contributed by atoms with Crippen LogP contribution in [-0.4, -0.2) is 9.55 Å². The van der Waals surface area contributed by atoms with Gasteiger partial charge >= 0.3 is 0 Å². The van der Waals surface area contributed by atoms with E-state index >= 15 is 0 Å². The van der Waals surface area contributed by atoms with E-state index in [9.17, 15) is 4.79 Å². The van der Waals surface area contributed by atoms with E-state index in [1.807, 2.05) is 24.4 Å². The Kier molecular flexibility index (Phi) is 2.96. The van der Waals surface area contributed by atoms with Crippen molar-refractivity contribution in [1.29, 1.82) is 0 Å². The van der Waals surface area contributed by atoms with Crippen LogP contribution in [0.5, 0.6) is 0 Å². The lowest BCUT2D eigenvalue weighted by Gasteiger charge is -2.10. The molecule has 2 N–H and O–H groups in total. The number of rotatable bonds is 3. The molecule has 0 saturated heterocycles. The maximum absolute atomic E-state index is 12.2. The third-order valence-electron chi connectivity index (χ3n) is 2.97. The second kappa shape index (κ2) is 4.64. The van der Waals surface area contributed by atoms with Crippen molar-refractivity contribution >= 4 is 21.6 Å². The largest absolute Gasteiger partial charge is 0.465 e. The van der Waals surface area contributed by atoms with Gasteiger partial charge in [-0.2, -0.15) is 0 Å². The van der Waals surface area contributed by atoms with Gasteiger partial charge in [0.1, 0.15) is 16.4 Å². The molecular formula is C13H13N3O2S. The number of aryl methyl sites for hydroxylation is 1. The van der Waals surface area contributed by atoms with Crippen LogP contribution in [-0.2, 0) is 6.54 Å². The van der Waals surface area contributed by atoms with Crippen molar-refractivity contribution in [3.05, 3.63) is 51.8 Å². The number of aromatic nitrogens is 2. The van der Waals surface area contributed by atoms with Crippen molar-refractivity contribution in [3.8, 4) is 0 Å². The average molecular weight is 275 g/mol. The van der Waals surface area contributed by atoms with Crippen LogP contribution in [0.4, 0.5) is 0 Å². The zero-order chi connectivity index (χ0) is 13.4. The lowest BCUT2D eigenvalue weighted by atomic mass is 10.2. The fraction of sp³-hybridized carbons (Fsp3) is 0.231. The summed E-state index contributed by atoms with van der Waals surface area (Å²) in [6.07, 6.45) is 1.54. The Morgan fingerprint density at radius 1 is 1.47 bits per heavy atom. The molecule has 0 aliphatic rings. The first-order chi connectivity index (χ1) is 9.15. The molecule has 3 rings (SSSR count). The minimum absolute atomic E-state index is 0.0648. The van der Waals surface area contributed by atoms with Gasteiger partial charge in [0, 0.05) is 6.54 Å². The summed E-state index contributed by atoms with van der Waals surface area (Å²) in [5, 5.41) is 2.49. The van der Waals surface area contributed by atoms with Crippen LogP contribution in [0, 0.1) is 6.92 Å². The van der Waals surface area contributed by atoms with Crippen molar-refractivity contribution in [1.82, 2.24) is 9.55 Å². The fourth-order valence-electron chi connectivity index (χ4n) is 1.98. The second-order valence-electron chi connectivity index (χ2n) is 4.40. The van der Waals surface area contributed by atoms with Crippen LogP contribution in [0.2, 0.25) is 0 Å². The Labute approximate surface area is 113 Å². The van der Waals surface area contributed by atoms with Gasteiger partial charge in [-0.05, 0) is 30.5 Å². The summed E-state index contributed by atoms with van der Waals surface area (Å²) in [5.74, 6) is 1.49. The SMILES string of the molecule is Cc1ccc(C(N)Cn2cnc3sccc3c2=O)o1. The number of hydrogen-bond acceptors (Lipinski definition) is 5. The van der Waals surface area contributed by atoms with Gasteiger partial charge in [-0.25, -0.2) is 4.98 Å². The highest BCUT2D eigenvalue weighted by Gasteiger charge is 2.13. The van der Waals surface area contributed by atoms with E-state index in [4.69, 9.17) is 10.2 Å². The number of furan rings is 1. The number of hydrogen-bond donors (Lipinski definition) is 1. The van der Waals surface area contributed by atoms with Gasteiger partial charge in [0.15, 0.2) is 0 Å². The molecule has 6 heteroatoms. The zero-order valence-electron chi connectivity index (χ0n) is 10.4. The van der Waals surface area contributed by atoms with Gasteiger partial charge in [-0.1, -0.05) is 0 Å². The maximum atomic E-state index is 12.2. The minimum Gasteiger partial charge on any atom is -0.465 e. The first kappa shape index (κ1) is 12.1. The molecule has 0 amide bonds. The van der Waals surface area contributed by atoms with E-state index in [0.29, 0.717) is 17.7 Å². The van der Waals surface area contributed by atoms with E-state index < -0.39 is 0 Å². The molecule has 0 aliphatic heterocycles. The molecule has 98 valence electrons. The molecule has 3 aromatic rings. The van der Waals surface area contributed by atoms with Crippen molar-refractivity contribution in [3.63, 3.8) is 0 Å². The highest BCUT2D eigenvalue weighted by atomic mass is 32.1. The lowest BCUT2D eigenvalue weighted by molar-refractivity contribution is 0.416. The summed E-state index contributed by atoms with van der Waals surface area (Å²) >= 11 is 1.45. The van der Waals surface area contributed by atoms with Crippen LogP contribution < -0.4 is 11.3 Å². The van der Waals surface area contributed by atoms with Crippen LogP contribution in [0.1, 0.15) is 17.6 Å². The monoisotopic (exact) mass is 275 g/mol. The smallest absolute Gasteiger partial charge is 0.262 e. The average Bonchev–Trinajstić information content (AvgIpc) is 3.01. The topological polar surface area (TPSA) is 74.1 Å². The van der Waals surface area contributed by atoms with E-state index in [0.717, 1.165) is 10.6 Å². The summed E-state index contributed by atoms with van der Waals surface area (Å²) in [5.41, 5.74) is 5.99. The van der Waals surface area contributed by atoms with E-state index in [1.54, 1.807) is 6.07 Å². The molecular weight excluding hydrogens is 262 g/mol. The molecule has 0 spiro atoms. The van der Waals surface area contributed by atoms with Crippen LogP contribution in [0.25, 0.3) is 10.2 Å². The predicted octanol–water partition coefficient (Wildman–Crippen LogP) is 2.06. The van der Waals surface area contributed by atoms with Gasteiger partial charge in [0.2, 0.25) is 0 Å². The molecule has 0 radical (unpaired) electrons. The number of fused-ring (bicyclic) bond motifs is 1. The van der Waals surface area contributed by atoms with Gasteiger partial charge in [0.25, 0.3) is 5.56 Å². The van der Waals surface area contributed by atoms with Crippen molar-refractivity contribution in [2.45, 2.75) is 19.5 Å². The summed E-state index contributed by atoms with van der Waals surface area (Å²) in [6, 6.07) is 5.12. The van der Waals surface area contributed by atoms with Crippen molar-refractivity contribution < 1.29 is 4.42 Å². The molecule has 0 saturated carbocycles. The lowest BCUT2D eigenvalue weighted by Crippen LogP contribution is -2.26. The molecule has 0 fully saturated rings. The predicted molar refractivity (Wildman–Crippen MR) is 74.3 cm³/mol. The van der Waals surface area contributed by atoms with Gasteiger partial charge in [-0.15, -0.1) is 11.3 Å². The highest BCUT2D eigenvalue weighted by molar-refractivity contribution is 7.16. The number of nitrogens with zero attached hydrogens (tertiary/aromatic N) is 2. The minimum atomic E-state index is -0.357. The Morgan fingerprint density at radius 2 is 2.32 bits per heavy atom. The van der Waals surface area contributed by atoms with Crippen molar-refractivity contribution in [2.24, 2.45) is 5.73 Å². The summed E-state index contributed by atoms with van der Waals surface area (Å²) < 4.78 is 7.00. The molecule has 0 aromatic carbocycles. The van der Waals surface area contributed by atoms with Crippen LogP contribution in [0.15, 0.2) is 39.1 Å². The normalized spacial score (nSPS) is 12.9. The molecule has 1 unspecified atom stereocenters. The van der Waals surface area contributed by atoms with E-state index in [-0.39, 0.29) is 11.6 Å². The second-order valence-corrected chi connectivity index (χ2v) is 5.29. The Hall–Kier alpha value is -1.92. The Balaban J connectivity index is 1.93. The summed E-state index contributed by atoms with van der Waals surface area (Å²) in [4.78, 5) is 17.2. The zero-order valence-corrected chi connectivity index (χ0v) is 11.2. The maximum Gasteiger partial charge on any atom is 0.262 e. The molecule has 3 heterocycles. The Bertz CT molecular complexity index is 771. The first-order valence-corrected chi connectivity index (χ1v) is 6.77. The molecule has 5 nitrogen and oxygen atoms in total. The van der Waals surface area contributed by atoms with Gasteiger partial charge in [0.05, 0.1) is 17.8 Å². The van der Waals surface area contributed by atoms with Crippen molar-refractivity contribution in [2.75, 3.05) is 0 Å². The highest BCUT2D eigenvalue weighted by Crippen LogP contribution is 2.17. The molecule has 3 aromatic heterocycles. The summed E-state index contributed by atoms with van der Waals surface area (Å²) in [7, 11) is 0. The standard InChI is InChI=1S/C13H13N3O2S/c1-8-2-3-11(18-8)10(14)6-16-7-15-12-9(13(16)17)4-5-19-12/h2-5,7,10H,6,14H2,1H3. The quantitative estimate of drug-likeness (QED) is 0.794. The third kappa shape index (κ3) is 2.20. The summed E-state index contributed by atoms with van der Waals surface area (Å²) in [6.45, 7) is 2.21. The number of thiophene rings is 1. The van der Waals surface area contributed by atoms with E-state index in [2.05, 4.69) is 4.98 Å². The van der Waals surface area contributed by atoms with Crippen LogP contribution >= 0.6 is 11.3 Å². The molecule has 0 bridgehead atoms. The fourth-order valence-corrected chi connectivity index (χ4v) is 2.70. The number of nitrogens with two attached hydrogens (primary N) is 1. The molecule has 1 atom stereocenters. The molecule has 19 heavy (non-hydrogen) atoms. The van der Waals surface area contributed by atoms with E-state index in [1.165, 1.54) is 22.2 Å². The third-order valence-corrected chi connectivity index (χ3v) is 3.79. The first-order valence-electron chi connectivity index (χ1n) is 5.89. The van der Waals surface area contributed by atoms with Gasteiger partial charge < -0.3 is 10.2 Å².